The zero-order valence-electron chi connectivity index (χ0n) is 27.1. The van der Waals surface area contributed by atoms with Crippen molar-refractivity contribution in [2.24, 2.45) is 23.7 Å². The SMILES string of the molecule is c1ccc(-c2ccc(N(c3ccc4c(c3)C3(c5ccccc5O4)C4CC5CC(C4)CC3C5)c3ccccc3-c3ccccc3)cc2)cc1. The first-order valence-corrected chi connectivity index (χ1v) is 17.8. The van der Waals surface area contributed by atoms with Crippen LogP contribution in [0.5, 0.6) is 11.5 Å². The molecule has 0 aromatic heterocycles. The van der Waals surface area contributed by atoms with Crippen molar-refractivity contribution in [2.75, 3.05) is 4.90 Å². The number of ether oxygens (including phenoxy) is 1. The van der Waals surface area contributed by atoms with E-state index in [0.29, 0.717) is 11.8 Å². The van der Waals surface area contributed by atoms with Gasteiger partial charge in [-0.05, 0) is 115 Å². The van der Waals surface area contributed by atoms with Crippen molar-refractivity contribution in [3.8, 4) is 33.8 Å². The van der Waals surface area contributed by atoms with Crippen molar-refractivity contribution in [1.82, 2.24) is 0 Å². The van der Waals surface area contributed by atoms with E-state index in [1.807, 2.05) is 0 Å². The Balaban J connectivity index is 1.18. The number of anilines is 3. The summed E-state index contributed by atoms with van der Waals surface area (Å²) < 4.78 is 6.79. The van der Waals surface area contributed by atoms with Gasteiger partial charge >= 0.3 is 0 Å². The quantitative estimate of drug-likeness (QED) is 0.190. The Morgan fingerprint density at radius 1 is 0.458 bits per heavy atom. The molecule has 4 saturated carbocycles. The largest absolute Gasteiger partial charge is 0.457 e. The number of benzene rings is 6. The smallest absolute Gasteiger partial charge is 0.131 e. The van der Waals surface area contributed by atoms with Crippen LogP contribution in [-0.2, 0) is 5.41 Å². The Hall–Kier alpha value is -5.08. The molecule has 5 aliphatic rings. The van der Waals surface area contributed by atoms with Crippen LogP contribution in [-0.4, -0.2) is 0 Å². The van der Waals surface area contributed by atoms with Crippen molar-refractivity contribution in [3.05, 3.63) is 163 Å². The first-order chi connectivity index (χ1) is 23.8. The van der Waals surface area contributed by atoms with Crippen LogP contribution in [0.25, 0.3) is 22.3 Å². The summed E-state index contributed by atoms with van der Waals surface area (Å²) in [5.41, 5.74) is 11.2. The van der Waals surface area contributed by atoms with E-state index in [9.17, 15) is 0 Å². The van der Waals surface area contributed by atoms with Crippen molar-refractivity contribution in [1.29, 1.82) is 0 Å². The minimum absolute atomic E-state index is 0.00457. The third-order valence-corrected chi connectivity index (χ3v) is 12.1. The van der Waals surface area contributed by atoms with Gasteiger partial charge in [0.2, 0.25) is 0 Å². The minimum Gasteiger partial charge on any atom is -0.457 e. The van der Waals surface area contributed by atoms with Gasteiger partial charge in [-0.25, -0.2) is 0 Å². The molecule has 4 aliphatic carbocycles. The van der Waals surface area contributed by atoms with Crippen LogP contribution in [0, 0.1) is 23.7 Å². The Morgan fingerprint density at radius 3 is 1.75 bits per heavy atom. The highest BCUT2D eigenvalue weighted by molar-refractivity contribution is 5.89. The van der Waals surface area contributed by atoms with Gasteiger partial charge in [0.05, 0.1) is 5.69 Å². The summed E-state index contributed by atoms with van der Waals surface area (Å²) in [4.78, 5) is 2.47. The number of nitrogens with zero attached hydrogens (tertiary/aromatic N) is 1. The van der Waals surface area contributed by atoms with E-state index < -0.39 is 0 Å². The number of hydrogen-bond acceptors (Lipinski definition) is 2. The first kappa shape index (κ1) is 28.0. The Kier molecular flexibility index (Phi) is 6.41. The standard InChI is InChI=1S/C46H39NO/c1-3-11-33(12-4-1)34-19-21-38(22-20-34)47(43-17-9-7-15-40(43)35-13-5-2-6-14-35)39-23-24-45-42(30-39)46(41-16-8-10-18-44(41)48-45)36-26-31-25-32(28-36)29-37(46)27-31/h1-24,30-32,36-37H,25-29H2. The van der Waals surface area contributed by atoms with Crippen LogP contribution in [0.1, 0.15) is 43.2 Å². The predicted octanol–water partition coefficient (Wildman–Crippen LogP) is 12.3. The molecule has 6 aromatic rings. The van der Waals surface area contributed by atoms with E-state index >= 15 is 0 Å². The molecule has 2 nitrogen and oxygen atoms in total. The van der Waals surface area contributed by atoms with E-state index in [1.54, 1.807) is 0 Å². The second kappa shape index (κ2) is 11.0. The second-order valence-corrected chi connectivity index (χ2v) is 14.6. The summed E-state index contributed by atoms with van der Waals surface area (Å²) >= 11 is 0. The summed E-state index contributed by atoms with van der Waals surface area (Å²) in [6, 6.07) is 55.5. The summed E-state index contributed by atoms with van der Waals surface area (Å²) in [5.74, 6) is 5.19. The van der Waals surface area contributed by atoms with E-state index in [2.05, 4.69) is 157 Å². The van der Waals surface area contributed by atoms with E-state index in [-0.39, 0.29) is 5.41 Å². The van der Waals surface area contributed by atoms with Crippen LogP contribution in [0.3, 0.4) is 0 Å². The van der Waals surface area contributed by atoms with E-state index in [4.69, 9.17) is 4.74 Å². The predicted molar refractivity (Wildman–Crippen MR) is 196 cm³/mol. The molecule has 1 spiro atoms. The summed E-state index contributed by atoms with van der Waals surface area (Å²) in [6.45, 7) is 0. The van der Waals surface area contributed by atoms with Crippen molar-refractivity contribution in [2.45, 2.75) is 37.5 Å². The molecule has 0 amide bonds. The Morgan fingerprint density at radius 2 is 1.02 bits per heavy atom. The third-order valence-electron chi connectivity index (χ3n) is 12.1. The molecule has 4 fully saturated rings. The van der Waals surface area contributed by atoms with Crippen LogP contribution in [0.4, 0.5) is 17.1 Å². The number of hydrogen-bond donors (Lipinski definition) is 0. The van der Waals surface area contributed by atoms with Gasteiger partial charge in [-0.2, -0.15) is 0 Å². The van der Waals surface area contributed by atoms with Crippen molar-refractivity contribution >= 4 is 17.1 Å². The highest BCUT2D eigenvalue weighted by Crippen LogP contribution is 2.69. The van der Waals surface area contributed by atoms with Gasteiger partial charge in [0.15, 0.2) is 0 Å². The lowest BCUT2D eigenvalue weighted by molar-refractivity contribution is -0.0452. The summed E-state index contributed by atoms with van der Waals surface area (Å²) in [7, 11) is 0. The van der Waals surface area contributed by atoms with Crippen LogP contribution >= 0.6 is 0 Å². The van der Waals surface area contributed by atoms with Gasteiger partial charge in [-0.15, -0.1) is 0 Å². The molecule has 11 rings (SSSR count). The molecule has 234 valence electrons. The number of rotatable bonds is 5. The normalized spacial score (nSPS) is 24.5. The van der Waals surface area contributed by atoms with Gasteiger partial charge in [-0.3, -0.25) is 0 Å². The molecule has 4 bridgehead atoms. The lowest BCUT2D eigenvalue weighted by atomic mass is 9.42. The number of para-hydroxylation sites is 2. The second-order valence-electron chi connectivity index (χ2n) is 14.6. The van der Waals surface area contributed by atoms with Crippen LogP contribution in [0.2, 0.25) is 0 Å². The van der Waals surface area contributed by atoms with Gasteiger partial charge in [0.1, 0.15) is 11.5 Å². The highest BCUT2D eigenvalue weighted by atomic mass is 16.5. The Bertz CT molecular complexity index is 2090. The molecule has 0 radical (unpaired) electrons. The molecule has 2 heteroatoms. The van der Waals surface area contributed by atoms with Gasteiger partial charge in [-0.1, -0.05) is 109 Å². The Labute approximate surface area is 283 Å². The molecule has 1 heterocycles. The fourth-order valence-corrected chi connectivity index (χ4v) is 10.4. The highest BCUT2D eigenvalue weighted by Gasteiger charge is 2.61. The molecular weight excluding hydrogens is 583 g/mol. The molecule has 0 saturated heterocycles. The topological polar surface area (TPSA) is 12.5 Å². The van der Waals surface area contributed by atoms with Crippen LogP contribution < -0.4 is 9.64 Å². The van der Waals surface area contributed by atoms with Crippen molar-refractivity contribution in [3.63, 3.8) is 0 Å². The number of fused-ring (bicyclic) bond motifs is 2. The third kappa shape index (κ3) is 4.25. The zero-order valence-corrected chi connectivity index (χ0v) is 27.1. The van der Waals surface area contributed by atoms with Crippen LogP contribution in [0.15, 0.2) is 152 Å². The first-order valence-electron chi connectivity index (χ1n) is 17.8. The maximum absolute atomic E-state index is 6.79. The molecule has 48 heavy (non-hydrogen) atoms. The minimum atomic E-state index is -0.00457. The fourth-order valence-electron chi connectivity index (χ4n) is 10.4. The maximum Gasteiger partial charge on any atom is 0.131 e. The molecule has 6 aromatic carbocycles. The fraction of sp³-hybridized carbons (Fsp3) is 0.217. The zero-order chi connectivity index (χ0) is 31.7. The molecule has 0 atom stereocenters. The summed E-state index contributed by atoms with van der Waals surface area (Å²) in [5, 5.41) is 0. The average molecular weight is 622 g/mol. The lowest BCUT2D eigenvalue weighted by Crippen LogP contribution is -2.57. The molecule has 0 N–H and O–H groups in total. The van der Waals surface area contributed by atoms with Gasteiger partial charge in [0.25, 0.3) is 0 Å². The maximum atomic E-state index is 6.79. The summed E-state index contributed by atoms with van der Waals surface area (Å²) in [6.07, 6.45) is 6.80. The molecule has 0 unspecified atom stereocenters. The average Bonchev–Trinajstić information content (AvgIpc) is 3.14. The van der Waals surface area contributed by atoms with Gasteiger partial charge < -0.3 is 9.64 Å². The monoisotopic (exact) mass is 621 g/mol. The molecule has 1 aliphatic heterocycles. The van der Waals surface area contributed by atoms with E-state index in [1.165, 1.54) is 76.9 Å². The van der Waals surface area contributed by atoms with Gasteiger partial charge in [0, 0.05) is 33.5 Å². The van der Waals surface area contributed by atoms with E-state index in [0.717, 1.165) is 29.0 Å². The van der Waals surface area contributed by atoms with Crippen molar-refractivity contribution < 1.29 is 4.74 Å². The lowest BCUT2D eigenvalue weighted by Gasteiger charge is -2.63. The molecular formula is C46H39NO.